The van der Waals surface area contributed by atoms with Crippen LogP contribution in [-0.2, 0) is 33.4 Å². The van der Waals surface area contributed by atoms with Gasteiger partial charge in [0.15, 0.2) is 0 Å². The van der Waals surface area contributed by atoms with E-state index < -0.39 is 22.0 Å². The van der Waals surface area contributed by atoms with Crippen molar-refractivity contribution in [3.05, 3.63) is 24.4 Å². The summed E-state index contributed by atoms with van der Waals surface area (Å²) in [6.07, 6.45) is 8.08. The standard InChI is InChI=1S/C40H74N2O5S.C5H8O2/c1-30(20-17-18-23-42(24-22-41-16)31(2)21-19-25-43)39(14,36(7,8)9)29-37(10,11)38(12,13)40(15,28-35(4,5)6)34(45)47-27-26-46-33(44)32(3)48;1-5(7)3-2-4-6/h25,32,41,48H,1-2,17-24,26-29H2,3-16H3;4H,2-3H2,1H3. The number of nitrogens with zero attached hydrogens (tertiary/aromatic N) is 1. The molecule has 0 fully saturated rings. The molecule has 0 spiro atoms. The minimum absolute atomic E-state index is 0.00687. The van der Waals surface area contributed by atoms with E-state index in [1.807, 2.05) is 7.05 Å². The molecule has 0 saturated heterocycles. The molecule has 0 aliphatic carbocycles. The molecular weight excluding hydrogens is 713 g/mol. The Balaban J connectivity index is 0. The lowest BCUT2D eigenvalue weighted by atomic mass is 9.46. The Morgan fingerprint density at radius 2 is 1.29 bits per heavy atom. The van der Waals surface area contributed by atoms with E-state index >= 15 is 0 Å². The number of ether oxygens (including phenoxy) is 2. The number of carbonyl (C=O) groups excluding carboxylic acids is 5. The van der Waals surface area contributed by atoms with E-state index in [2.05, 4.69) is 113 Å². The number of esters is 2. The first-order valence-corrected chi connectivity index (χ1v) is 20.7. The van der Waals surface area contributed by atoms with Crippen LogP contribution in [0.15, 0.2) is 24.4 Å². The first kappa shape index (κ1) is 54.6. The zero-order valence-corrected chi connectivity index (χ0v) is 38.7. The van der Waals surface area contributed by atoms with Gasteiger partial charge in [0, 0.05) is 44.6 Å². The second-order valence-corrected chi connectivity index (χ2v) is 19.9. The zero-order valence-electron chi connectivity index (χ0n) is 37.8. The summed E-state index contributed by atoms with van der Waals surface area (Å²) in [5.74, 6) is -0.618. The summed E-state index contributed by atoms with van der Waals surface area (Å²) in [7, 11) is 1.95. The SMILES string of the molecule is C=C(CCC=O)N(CCCCC(=C)C(C)(CC(C)(C)C(C)(C)C(C)(CC(C)(C)C)C(=O)OCCOC(=O)C(C)S)C(C)(C)C)CCNC.CC(=O)CCC=O. The third-order valence-corrected chi connectivity index (χ3v) is 12.2. The van der Waals surface area contributed by atoms with Crippen LogP contribution in [0.25, 0.3) is 0 Å². The molecule has 320 valence electrons. The van der Waals surface area contributed by atoms with Crippen molar-refractivity contribution in [2.24, 2.45) is 32.5 Å². The lowest BCUT2D eigenvalue weighted by Crippen LogP contribution is -2.55. The summed E-state index contributed by atoms with van der Waals surface area (Å²) in [5.41, 5.74) is 0.232. The van der Waals surface area contributed by atoms with E-state index in [4.69, 9.17) is 16.1 Å². The molecule has 0 aromatic heterocycles. The number of aldehydes is 2. The van der Waals surface area contributed by atoms with Crippen molar-refractivity contribution in [2.75, 3.05) is 39.9 Å². The molecule has 10 heteroatoms. The Bertz CT molecular complexity index is 1240. The van der Waals surface area contributed by atoms with E-state index in [1.54, 1.807) is 6.92 Å². The predicted molar refractivity (Wildman–Crippen MR) is 231 cm³/mol. The van der Waals surface area contributed by atoms with Gasteiger partial charge in [-0.25, -0.2) is 0 Å². The molecular formula is C45H82N2O7S. The fraction of sp³-hybridized carbons (Fsp3) is 0.800. The van der Waals surface area contributed by atoms with Crippen LogP contribution >= 0.6 is 12.6 Å². The maximum atomic E-state index is 14.1. The number of carbonyl (C=O) groups is 5. The van der Waals surface area contributed by atoms with Crippen molar-refractivity contribution in [1.29, 1.82) is 0 Å². The van der Waals surface area contributed by atoms with Crippen molar-refractivity contribution < 1.29 is 33.4 Å². The average molecular weight is 795 g/mol. The molecule has 0 radical (unpaired) electrons. The largest absolute Gasteiger partial charge is 0.462 e. The van der Waals surface area contributed by atoms with E-state index in [0.29, 0.717) is 32.1 Å². The van der Waals surface area contributed by atoms with Gasteiger partial charge in [0.2, 0.25) is 0 Å². The molecule has 0 aromatic rings. The maximum Gasteiger partial charge on any atom is 0.318 e. The Kier molecular flexibility index (Phi) is 24.2. The van der Waals surface area contributed by atoms with E-state index in [0.717, 1.165) is 63.6 Å². The van der Waals surface area contributed by atoms with Crippen molar-refractivity contribution in [3.8, 4) is 0 Å². The van der Waals surface area contributed by atoms with Gasteiger partial charge in [0.05, 0.1) is 10.7 Å². The molecule has 0 saturated carbocycles. The summed E-state index contributed by atoms with van der Waals surface area (Å²) in [6.45, 7) is 41.5. The normalized spacial score (nSPS) is 14.9. The highest BCUT2D eigenvalue weighted by molar-refractivity contribution is 7.81. The summed E-state index contributed by atoms with van der Waals surface area (Å²) in [6, 6.07) is 0. The van der Waals surface area contributed by atoms with Crippen LogP contribution < -0.4 is 5.32 Å². The monoisotopic (exact) mass is 795 g/mol. The molecule has 0 amide bonds. The fourth-order valence-electron chi connectivity index (χ4n) is 7.18. The second kappa shape index (κ2) is 24.3. The number of unbranched alkanes of at least 4 members (excludes halogenated alkanes) is 1. The van der Waals surface area contributed by atoms with Gasteiger partial charge in [-0.3, -0.25) is 9.59 Å². The highest BCUT2D eigenvalue weighted by atomic mass is 32.1. The quantitative estimate of drug-likeness (QED) is 0.0290. The number of ketones is 1. The third-order valence-electron chi connectivity index (χ3n) is 11.9. The number of likely N-dealkylation sites (N-methyl/N-ethyl adjacent to an activating group) is 1. The minimum atomic E-state index is -0.821. The van der Waals surface area contributed by atoms with Crippen LogP contribution in [-0.4, -0.2) is 80.3 Å². The summed E-state index contributed by atoms with van der Waals surface area (Å²) in [4.78, 5) is 58.8. The Labute approximate surface area is 342 Å². The Morgan fingerprint density at radius 1 is 0.764 bits per heavy atom. The van der Waals surface area contributed by atoms with Gasteiger partial charge < -0.3 is 34.1 Å². The lowest BCUT2D eigenvalue weighted by Gasteiger charge is -2.58. The van der Waals surface area contributed by atoms with Crippen LogP contribution in [0.5, 0.6) is 0 Å². The Hall–Kier alpha value is -2.46. The minimum Gasteiger partial charge on any atom is -0.462 e. The Morgan fingerprint density at radius 3 is 1.73 bits per heavy atom. The van der Waals surface area contributed by atoms with Crippen molar-refractivity contribution in [1.82, 2.24) is 10.2 Å². The lowest BCUT2D eigenvalue weighted by molar-refractivity contribution is -0.178. The van der Waals surface area contributed by atoms with Gasteiger partial charge in [-0.1, -0.05) is 94.9 Å². The molecule has 55 heavy (non-hydrogen) atoms. The first-order valence-electron chi connectivity index (χ1n) is 20.2. The molecule has 3 unspecified atom stereocenters. The average Bonchev–Trinajstić information content (AvgIpc) is 3.05. The number of Topliss-reactive ketones (excluding diaryl/α,β-unsaturated/α-hetero) is 1. The van der Waals surface area contributed by atoms with Gasteiger partial charge >= 0.3 is 11.9 Å². The maximum absolute atomic E-state index is 14.1. The summed E-state index contributed by atoms with van der Waals surface area (Å²) < 4.78 is 11.1. The first-order chi connectivity index (χ1) is 25.0. The van der Waals surface area contributed by atoms with Crippen molar-refractivity contribution in [2.45, 2.75) is 160 Å². The van der Waals surface area contributed by atoms with Gasteiger partial charge in [0.25, 0.3) is 0 Å². The van der Waals surface area contributed by atoms with Crippen LogP contribution in [0.3, 0.4) is 0 Å². The molecule has 0 bridgehead atoms. The van der Waals surface area contributed by atoms with Gasteiger partial charge in [-0.2, -0.15) is 12.6 Å². The molecule has 0 aliphatic rings. The van der Waals surface area contributed by atoms with Gasteiger partial charge in [0.1, 0.15) is 31.6 Å². The molecule has 0 heterocycles. The number of rotatable bonds is 26. The predicted octanol–water partition coefficient (Wildman–Crippen LogP) is 9.62. The summed E-state index contributed by atoms with van der Waals surface area (Å²) in [5, 5.41) is 2.69. The zero-order chi connectivity index (χ0) is 43.5. The van der Waals surface area contributed by atoms with Gasteiger partial charge in [-0.15, -0.1) is 0 Å². The van der Waals surface area contributed by atoms with Crippen LogP contribution in [0.4, 0.5) is 0 Å². The van der Waals surface area contributed by atoms with Crippen LogP contribution in [0.1, 0.15) is 155 Å². The molecule has 0 rings (SSSR count). The topological polar surface area (TPSA) is 119 Å². The van der Waals surface area contributed by atoms with E-state index in [9.17, 15) is 24.0 Å². The van der Waals surface area contributed by atoms with Gasteiger partial charge in [-0.05, 0) is 93.4 Å². The van der Waals surface area contributed by atoms with E-state index in [1.165, 1.54) is 12.5 Å². The molecule has 3 atom stereocenters. The number of nitrogens with one attached hydrogen (secondary N) is 1. The van der Waals surface area contributed by atoms with Crippen molar-refractivity contribution in [3.63, 3.8) is 0 Å². The smallest absolute Gasteiger partial charge is 0.318 e. The third kappa shape index (κ3) is 18.6. The van der Waals surface area contributed by atoms with Crippen LogP contribution in [0, 0.1) is 32.5 Å². The number of hydrogen-bond acceptors (Lipinski definition) is 10. The second-order valence-electron chi connectivity index (χ2n) is 19.1. The van der Waals surface area contributed by atoms with Crippen LogP contribution in [0.2, 0.25) is 0 Å². The number of thiol groups is 1. The summed E-state index contributed by atoms with van der Waals surface area (Å²) >= 11 is 4.12. The number of allylic oxidation sites excluding steroid dienone is 2. The molecule has 0 aromatic carbocycles. The van der Waals surface area contributed by atoms with Crippen molar-refractivity contribution >= 4 is 42.9 Å². The fourth-order valence-corrected chi connectivity index (χ4v) is 7.25. The highest BCUT2D eigenvalue weighted by Gasteiger charge is 2.58. The molecule has 1 N–H and O–H groups in total. The number of hydrogen-bond donors (Lipinski definition) is 2. The molecule has 0 aliphatic heterocycles. The van der Waals surface area contributed by atoms with E-state index in [-0.39, 0.29) is 46.6 Å². The highest BCUT2D eigenvalue weighted by Crippen LogP contribution is 2.62. The molecule has 9 nitrogen and oxygen atoms in total.